The maximum absolute atomic E-state index is 13.2. The molecule has 1 atom stereocenters. The molecule has 3 rings (SSSR count). The fourth-order valence-electron chi connectivity index (χ4n) is 5.14. The summed E-state index contributed by atoms with van der Waals surface area (Å²) >= 11 is 0. The van der Waals surface area contributed by atoms with E-state index in [0.717, 1.165) is 23.4 Å². The van der Waals surface area contributed by atoms with Crippen LogP contribution < -0.4 is 10.2 Å². The molecule has 1 aromatic rings. The second-order valence-corrected chi connectivity index (χ2v) is 10.8. The highest BCUT2D eigenvalue weighted by Gasteiger charge is 2.39. The summed E-state index contributed by atoms with van der Waals surface area (Å²) in [5, 5.41) is 3.12. The first-order valence-corrected chi connectivity index (χ1v) is 12.1. The Morgan fingerprint density at radius 1 is 1.12 bits per heavy atom. The largest absolute Gasteiger partial charge is 0.355 e. The molecule has 0 saturated carbocycles. The highest BCUT2D eigenvalue weighted by Crippen LogP contribution is 2.31. The molecule has 0 radical (unpaired) electrons. The van der Waals surface area contributed by atoms with E-state index in [-0.39, 0.29) is 41.4 Å². The normalized spacial score (nSPS) is 20.0. The highest BCUT2D eigenvalue weighted by molar-refractivity contribution is 6.01. The Balaban J connectivity index is 1.51. The van der Waals surface area contributed by atoms with E-state index in [1.165, 1.54) is 0 Å². The van der Waals surface area contributed by atoms with E-state index >= 15 is 0 Å². The SMILES string of the molecule is Cc1cccc(N2CC(C(=O)N3CCC(C(=O)NCC(C)(C)CN(C)C)CC3)CC2=O)c1C. The number of hydrogen-bond acceptors (Lipinski definition) is 4. The number of benzene rings is 1. The number of aryl methyl sites for hydroxylation is 1. The van der Waals surface area contributed by atoms with Crippen molar-refractivity contribution in [2.75, 3.05) is 51.7 Å². The van der Waals surface area contributed by atoms with Crippen LogP contribution in [0.15, 0.2) is 18.2 Å². The molecule has 2 heterocycles. The molecule has 2 aliphatic heterocycles. The van der Waals surface area contributed by atoms with Crippen LogP contribution in [0.3, 0.4) is 0 Å². The number of amides is 3. The minimum atomic E-state index is -0.311. The van der Waals surface area contributed by atoms with Crippen molar-refractivity contribution in [3.8, 4) is 0 Å². The molecule has 0 spiro atoms. The Morgan fingerprint density at radius 2 is 1.79 bits per heavy atom. The highest BCUT2D eigenvalue weighted by atomic mass is 16.2. The van der Waals surface area contributed by atoms with Crippen molar-refractivity contribution in [3.05, 3.63) is 29.3 Å². The average molecular weight is 457 g/mol. The lowest BCUT2D eigenvalue weighted by atomic mass is 9.91. The fraction of sp³-hybridized carbons (Fsp3) is 0.654. The van der Waals surface area contributed by atoms with Gasteiger partial charge in [-0.2, -0.15) is 0 Å². The lowest BCUT2D eigenvalue weighted by Crippen LogP contribution is -2.47. The predicted octanol–water partition coefficient (Wildman–Crippen LogP) is 2.60. The minimum absolute atomic E-state index is 0.00631. The zero-order valence-electron chi connectivity index (χ0n) is 21.1. The summed E-state index contributed by atoms with van der Waals surface area (Å²) in [6.45, 7) is 11.5. The number of nitrogens with zero attached hydrogens (tertiary/aromatic N) is 3. The van der Waals surface area contributed by atoms with Gasteiger partial charge in [0, 0.05) is 50.7 Å². The third-order valence-electron chi connectivity index (χ3n) is 7.00. The zero-order chi connectivity index (χ0) is 24.3. The van der Waals surface area contributed by atoms with E-state index in [1.807, 2.05) is 51.0 Å². The Hall–Kier alpha value is -2.41. The average Bonchev–Trinajstić information content (AvgIpc) is 3.14. The standard InChI is InChI=1S/C26H40N4O3/c1-18-8-7-9-22(19(18)2)30-15-21(14-23(30)31)25(33)29-12-10-20(11-13-29)24(32)27-16-26(3,4)17-28(5)6/h7-9,20-21H,10-17H2,1-6H3,(H,27,32). The van der Waals surface area contributed by atoms with E-state index < -0.39 is 0 Å². The Bertz CT molecular complexity index is 888. The summed E-state index contributed by atoms with van der Waals surface area (Å²) in [6.07, 6.45) is 1.60. The van der Waals surface area contributed by atoms with Crippen molar-refractivity contribution >= 4 is 23.4 Å². The van der Waals surface area contributed by atoms with Crippen molar-refractivity contribution < 1.29 is 14.4 Å². The smallest absolute Gasteiger partial charge is 0.228 e. The Labute approximate surface area is 198 Å². The van der Waals surface area contributed by atoms with Crippen LogP contribution in [0, 0.1) is 31.1 Å². The van der Waals surface area contributed by atoms with Gasteiger partial charge in [-0.15, -0.1) is 0 Å². The van der Waals surface area contributed by atoms with Gasteiger partial charge in [0.15, 0.2) is 0 Å². The van der Waals surface area contributed by atoms with Gasteiger partial charge in [-0.3, -0.25) is 14.4 Å². The molecule has 7 nitrogen and oxygen atoms in total. The van der Waals surface area contributed by atoms with Crippen LogP contribution >= 0.6 is 0 Å². The number of hydrogen-bond donors (Lipinski definition) is 1. The van der Waals surface area contributed by atoms with Gasteiger partial charge in [0.2, 0.25) is 17.7 Å². The third kappa shape index (κ3) is 6.14. The number of likely N-dealkylation sites (tertiary alicyclic amines) is 1. The van der Waals surface area contributed by atoms with Gasteiger partial charge in [0.25, 0.3) is 0 Å². The molecule has 2 fully saturated rings. The number of anilines is 1. The molecule has 2 aliphatic rings. The third-order valence-corrected chi connectivity index (χ3v) is 7.00. The van der Waals surface area contributed by atoms with Crippen molar-refractivity contribution in [3.63, 3.8) is 0 Å². The first kappa shape index (κ1) is 25.2. The van der Waals surface area contributed by atoms with Crippen LogP contribution in [0.25, 0.3) is 0 Å². The molecule has 1 aromatic carbocycles. The van der Waals surface area contributed by atoms with Crippen LogP contribution in [-0.4, -0.2) is 74.3 Å². The maximum atomic E-state index is 13.2. The summed E-state index contributed by atoms with van der Waals surface area (Å²) in [6, 6.07) is 5.94. The van der Waals surface area contributed by atoms with Crippen LogP contribution in [0.5, 0.6) is 0 Å². The van der Waals surface area contributed by atoms with Crippen LogP contribution in [0.1, 0.15) is 44.2 Å². The molecule has 0 aromatic heterocycles. The van der Waals surface area contributed by atoms with Crippen LogP contribution in [0.2, 0.25) is 0 Å². The molecular weight excluding hydrogens is 416 g/mol. The molecule has 2 saturated heterocycles. The molecule has 3 amide bonds. The molecule has 7 heteroatoms. The first-order chi connectivity index (χ1) is 15.5. The molecule has 182 valence electrons. The van der Waals surface area contributed by atoms with Gasteiger partial charge in [0.05, 0.1) is 5.92 Å². The van der Waals surface area contributed by atoms with E-state index in [1.54, 1.807) is 4.90 Å². The topological polar surface area (TPSA) is 73.0 Å². The lowest BCUT2D eigenvalue weighted by molar-refractivity contribution is -0.139. The van der Waals surface area contributed by atoms with E-state index in [9.17, 15) is 14.4 Å². The molecule has 1 N–H and O–H groups in total. The van der Waals surface area contributed by atoms with E-state index in [4.69, 9.17) is 0 Å². The predicted molar refractivity (Wildman–Crippen MR) is 131 cm³/mol. The fourth-order valence-corrected chi connectivity index (χ4v) is 5.14. The van der Waals surface area contributed by atoms with Gasteiger partial charge in [-0.1, -0.05) is 26.0 Å². The Kier molecular flexibility index (Phi) is 7.83. The maximum Gasteiger partial charge on any atom is 0.228 e. The molecule has 0 bridgehead atoms. The molecule has 33 heavy (non-hydrogen) atoms. The van der Waals surface area contributed by atoms with Gasteiger partial charge in [0.1, 0.15) is 0 Å². The summed E-state index contributed by atoms with van der Waals surface area (Å²) in [4.78, 5) is 44.3. The summed E-state index contributed by atoms with van der Waals surface area (Å²) in [5.41, 5.74) is 3.13. The number of nitrogens with one attached hydrogen (secondary N) is 1. The van der Waals surface area contributed by atoms with Gasteiger partial charge in [-0.25, -0.2) is 0 Å². The van der Waals surface area contributed by atoms with Gasteiger partial charge < -0.3 is 20.0 Å². The molecule has 1 unspecified atom stereocenters. The number of rotatable bonds is 7. The van der Waals surface area contributed by atoms with Crippen molar-refractivity contribution in [2.24, 2.45) is 17.3 Å². The van der Waals surface area contributed by atoms with E-state index in [2.05, 4.69) is 24.1 Å². The molecular formula is C26H40N4O3. The van der Waals surface area contributed by atoms with Crippen LogP contribution in [0.4, 0.5) is 5.69 Å². The van der Waals surface area contributed by atoms with E-state index in [0.29, 0.717) is 39.0 Å². The first-order valence-electron chi connectivity index (χ1n) is 12.1. The lowest BCUT2D eigenvalue weighted by Gasteiger charge is -2.34. The quantitative estimate of drug-likeness (QED) is 0.685. The second-order valence-electron chi connectivity index (χ2n) is 10.8. The van der Waals surface area contributed by atoms with Crippen LogP contribution in [-0.2, 0) is 14.4 Å². The van der Waals surface area contributed by atoms with Crippen molar-refractivity contribution in [1.82, 2.24) is 15.1 Å². The minimum Gasteiger partial charge on any atom is -0.355 e. The summed E-state index contributed by atoms with van der Waals surface area (Å²) < 4.78 is 0. The summed E-state index contributed by atoms with van der Waals surface area (Å²) in [5.74, 6) is -0.222. The number of carbonyl (C=O) groups is 3. The van der Waals surface area contributed by atoms with Crippen molar-refractivity contribution in [2.45, 2.75) is 47.0 Å². The van der Waals surface area contributed by atoms with Crippen molar-refractivity contribution in [1.29, 1.82) is 0 Å². The second kappa shape index (κ2) is 10.2. The summed E-state index contributed by atoms with van der Waals surface area (Å²) in [7, 11) is 4.07. The number of carbonyl (C=O) groups excluding carboxylic acids is 3. The van der Waals surface area contributed by atoms with Gasteiger partial charge in [-0.05, 0) is 63.4 Å². The Morgan fingerprint density at radius 3 is 2.42 bits per heavy atom. The zero-order valence-corrected chi connectivity index (χ0v) is 21.1. The molecule has 0 aliphatic carbocycles. The monoisotopic (exact) mass is 456 g/mol. The number of piperidine rings is 1. The van der Waals surface area contributed by atoms with Gasteiger partial charge >= 0.3 is 0 Å².